The Kier molecular flexibility index (Phi) is 11.0. The lowest BCUT2D eigenvalue weighted by Crippen LogP contribution is -2.51. The summed E-state index contributed by atoms with van der Waals surface area (Å²) < 4.78 is 14.2. The molecule has 0 aliphatic heterocycles. The minimum absolute atomic E-state index is 0.0965. The minimum atomic E-state index is -0.688. The van der Waals surface area contributed by atoms with E-state index in [9.17, 15) is 14.0 Å². The number of benzene rings is 3. The smallest absolute Gasteiger partial charge is 0.243 e. The first-order valence-corrected chi connectivity index (χ1v) is 13.9. The number of hydrogen-bond acceptors (Lipinski definition) is 3. The number of thioether (sulfide) groups is 1. The van der Waals surface area contributed by atoms with Crippen LogP contribution in [0.1, 0.15) is 36.1 Å². The summed E-state index contributed by atoms with van der Waals surface area (Å²) in [5.41, 5.74) is 3.38. The van der Waals surface area contributed by atoms with E-state index >= 15 is 0 Å². The maximum atomic E-state index is 14.2. The lowest BCUT2D eigenvalue weighted by atomic mass is 10.0. The van der Waals surface area contributed by atoms with E-state index in [4.69, 9.17) is 11.6 Å². The molecule has 37 heavy (non-hydrogen) atoms. The van der Waals surface area contributed by atoms with Crippen molar-refractivity contribution in [2.24, 2.45) is 5.92 Å². The molecule has 0 heterocycles. The fraction of sp³-hybridized carbons (Fsp3) is 0.333. The Morgan fingerprint density at radius 1 is 1.00 bits per heavy atom. The van der Waals surface area contributed by atoms with Gasteiger partial charge >= 0.3 is 0 Å². The van der Waals surface area contributed by atoms with Gasteiger partial charge < -0.3 is 10.2 Å². The maximum Gasteiger partial charge on any atom is 0.243 e. The van der Waals surface area contributed by atoms with Crippen molar-refractivity contribution < 1.29 is 14.0 Å². The first-order valence-electron chi connectivity index (χ1n) is 12.4. The molecule has 3 aromatic rings. The Bertz CT molecular complexity index is 1170. The topological polar surface area (TPSA) is 49.4 Å². The van der Waals surface area contributed by atoms with Gasteiger partial charge in [0.2, 0.25) is 11.8 Å². The lowest BCUT2D eigenvalue weighted by Gasteiger charge is -2.32. The van der Waals surface area contributed by atoms with Gasteiger partial charge in [-0.2, -0.15) is 0 Å². The second-order valence-corrected chi connectivity index (χ2v) is 10.9. The Morgan fingerprint density at radius 3 is 2.38 bits per heavy atom. The van der Waals surface area contributed by atoms with Gasteiger partial charge in [-0.05, 0) is 36.1 Å². The highest BCUT2D eigenvalue weighted by atomic mass is 35.5. The van der Waals surface area contributed by atoms with Gasteiger partial charge in [-0.3, -0.25) is 9.59 Å². The molecule has 0 bridgehead atoms. The molecule has 0 radical (unpaired) electrons. The first kappa shape index (κ1) is 28.7. The Morgan fingerprint density at radius 2 is 1.70 bits per heavy atom. The number of nitrogens with one attached hydrogen (secondary N) is 1. The van der Waals surface area contributed by atoms with Crippen LogP contribution in [0.25, 0.3) is 0 Å². The molecular weight excluding hydrogens is 507 g/mol. The van der Waals surface area contributed by atoms with E-state index in [0.29, 0.717) is 30.1 Å². The summed E-state index contributed by atoms with van der Waals surface area (Å²) in [7, 11) is 0. The van der Waals surface area contributed by atoms with E-state index in [1.807, 2.05) is 75.4 Å². The summed E-state index contributed by atoms with van der Waals surface area (Å²) in [6, 6.07) is 21.5. The van der Waals surface area contributed by atoms with Gasteiger partial charge in [0, 0.05) is 35.8 Å². The summed E-state index contributed by atoms with van der Waals surface area (Å²) >= 11 is 7.46. The van der Waals surface area contributed by atoms with Gasteiger partial charge in [-0.15, -0.1) is 11.8 Å². The van der Waals surface area contributed by atoms with Crippen LogP contribution >= 0.6 is 23.4 Å². The predicted molar refractivity (Wildman–Crippen MR) is 151 cm³/mol. The standard InChI is InChI=1S/C30H34ClFN2O2S/c1-21(2)17-33-30(36)28(16-23-10-5-4-6-11-23)34(18-24-12-7-9-22(3)15-24)29(35)20-37-19-25-26(31)13-8-14-27(25)32/h4-15,21,28H,16-20H2,1-3H3,(H,33,36). The zero-order valence-electron chi connectivity index (χ0n) is 21.5. The maximum absolute atomic E-state index is 14.2. The van der Waals surface area contributed by atoms with Crippen molar-refractivity contribution in [3.05, 3.63) is 106 Å². The molecule has 4 nitrogen and oxygen atoms in total. The molecule has 0 saturated heterocycles. The molecule has 1 atom stereocenters. The van der Waals surface area contributed by atoms with E-state index in [-0.39, 0.29) is 35.1 Å². The molecule has 0 spiro atoms. The van der Waals surface area contributed by atoms with Crippen LogP contribution in [0.15, 0.2) is 72.8 Å². The van der Waals surface area contributed by atoms with Crippen LogP contribution in [0.5, 0.6) is 0 Å². The molecule has 2 amide bonds. The molecular formula is C30H34ClFN2O2S. The fourth-order valence-corrected chi connectivity index (χ4v) is 5.23. The normalized spacial score (nSPS) is 11.8. The van der Waals surface area contributed by atoms with Crippen LogP contribution in [0, 0.1) is 18.7 Å². The number of rotatable bonds is 12. The molecule has 196 valence electrons. The van der Waals surface area contributed by atoms with E-state index in [1.165, 1.54) is 17.8 Å². The number of aryl methyl sites for hydroxylation is 1. The van der Waals surface area contributed by atoms with Gasteiger partial charge in [0.15, 0.2) is 0 Å². The molecule has 7 heteroatoms. The van der Waals surface area contributed by atoms with Crippen molar-refractivity contribution in [2.45, 2.75) is 45.5 Å². The second kappa shape index (κ2) is 14.2. The Balaban J connectivity index is 1.86. The second-order valence-electron chi connectivity index (χ2n) is 9.55. The largest absolute Gasteiger partial charge is 0.354 e. The highest BCUT2D eigenvalue weighted by Crippen LogP contribution is 2.25. The molecule has 0 fully saturated rings. The number of carbonyl (C=O) groups excluding carboxylic acids is 2. The van der Waals surface area contributed by atoms with Gasteiger partial charge in [-0.25, -0.2) is 4.39 Å². The zero-order chi connectivity index (χ0) is 26.8. The molecule has 0 aromatic heterocycles. The van der Waals surface area contributed by atoms with Gasteiger partial charge in [-0.1, -0.05) is 91.7 Å². The van der Waals surface area contributed by atoms with Gasteiger partial charge in [0.05, 0.1) is 5.75 Å². The van der Waals surface area contributed by atoms with Crippen LogP contribution in [-0.4, -0.2) is 35.1 Å². The SMILES string of the molecule is Cc1cccc(CN(C(=O)CSCc2c(F)cccc2Cl)C(Cc2ccccc2)C(=O)NCC(C)C)c1. The highest BCUT2D eigenvalue weighted by molar-refractivity contribution is 7.99. The van der Waals surface area contributed by atoms with Gasteiger partial charge in [0.1, 0.15) is 11.9 Å². The van der Waals surface area contributed by atoms with E-state index in [2.05, 4.69) is 5.32 Å². The van der Waals surface area contributed by atoms with Crippen LogP contribution < -0.4 is 5.32 Å². The van der Waals surface area contributed by atoms with Gasteiger partial charge in [0.25, 0.3) is 0 Å². The molecule has 1 N–H and O–H groups in total. The van der Waals surface area contributed by atoms with Crippen molar-refractivity contribution >= 4 is 35.2 Å². The van der Waals surface area contributed by atoms with Crippen LogP contribution in [0.2, 0.25) is 5.02 Å². The van der Waals surface area contributed by atoms with E-state index in [1.54, 1.807) is 17.0 Å². The summed E-state index contributed by atoms with van der Waals surface area (Å²) in [6.45, 7) is 6.89. The van der Waals surface area contributed by atoms with Crippen molar-refractivity contribution in [1.82, 2.24) is 10.2 Å². The summed E-state index contributed by atoms with van der Waals surface area (Å²) in [5, 5.41) is 3.36. The Hall–Kier alpha value is -2.83. The van der Waals surface area contributed by atoms with Crippen LogP contribution in [-0.2, 0) is 28.3 Å². The number of hydrogen-bond donors (Lipinski definition) is 1. The Labute approximate surface area is 228 Å². The number of nitrogens with zero attached hydrogens (tertiary/aromatic N) is 1. The highest BCUT2D eigenvalue weighted by Gasteiger charge is 2.30. The summed E-state index contributed by atoms with van der Waals surface area (Å²) in [6.07, 6.45) is 0.395. The number of halogens is 2. The molecule has 0 aliphatic rings. The quantitative estimate of drug-likeness (QED) is 0.288. The van der Waals surface area contributed by atoms with Crippen LogP contribution in [0.3, 0.4) is 0 Å². The van der Waals surface area contributed by atoms with Crippen molar-refractivity contribution in [2.75, 3.05) is 12.3 Å². The monoisotopic (exact) mass is 540 g/mol. The van der Waals surface area contributed by atoms with Crippen molar-refractivity contribution in [3.63, 3.8) is 0 Å². The van der Waals surface area contributed by atoms with E-state index in [0.717, 1.165) is 16.7 Å². The lowest BCUT2D eigenvalue weighted by molar-refractivity contribution is -0.139. The molecule has 1 unspecified atom stereocenters. The van der Waals surface area contributed by atoms with Crippen LogP contribution in [0.4, 0.5) is 4.39 Å². The third-order valence-corrected chi connectivity index (χ3v) is 7.22. The van der Waals surface area contributed by atoms with E-state index < -0.39 is 6.04 Å². The van der Waals surface area contributed by atoms with Crippen molar-refractivity contribution in [3.8, 4) is 0 Å². The predicted octanol–water partition coefficient (Wildman–Crippen LogP) is 6.43. The molecule has 3 aromatic carbocycles. The average Bonchev–Trinajstić information content (AvgIpc) is 2.87. The molecule has 0 aliphatic carbocycles. The van der Waals surface area contributed by atoms with Crippen molar-refractivity contribution in [1.29, 1.82) is 0 Å². The molecule has 3 rings (SSSR count). The number of amides is 2. The first-order chi connectivity index (χ1) is 17.7. The summed E-state index contributed by atoms with van der Waals surface area (Å²) in [5.74, 6) is -0.111. The average molecular weight is 541 g/mol. The number of carbonyl (C=O) groups is 2. The fourth-order valence-electron chi connectivity index (χ4n) is 3.98. The minimum Gasteiger partial charge on any atom is -0.354 e. The third-order valence-electron chi connectivity index (χ3n) is 5.92. The third kappa shape index (κ3) is 8.90. The molecule has 0 saturated carbocycles. The summed E-state index contributed by atoms with van der Waals surface area (Å²) in [4.78, 5) is 28.8. The zero-order valence-corrected chi connectivity index (χ0v) is 23.1.